The summed E-state index contributed by atoms with van der Waals surface area (Å²) in [6.07, 6.45) is 0. The zero-order valence-electron chi connectivity index (χ0n) is 13.5. The molecule has 1 aromatic heterocycles. The van der Waals surface area contributed by atoms with Crippen LogP contribution in [0.2, 0.25) is 0 Å². The van der Waals surface area contributed by atoms with Crippen LogP contribution in [0.5, 0.6) is 5.75 Å². The van der Waals surface area contributed by atoms with Crippen molar-refractivity contribution in [3.05, 3.63) is 84.2 Å². The maximum Gasteiger partial charge on any atom is 0.362 e. The van der Waals surface area contributed by atoms with Crippen molar-refractivity contribution < 1.29 is 19.1 Å². The summed E-state index contributed by atoms with van der Waals surface area (Å²) in [6.45, 7) is 0. The van der Waals surface area contributed by atoms with Gasteiger partial charge in [-0.15, -0.1) is 0 Å². The number of benzene rings is 2. The normalized spacial score (nSPS) is 10.1. The quantitative estimate of drug-likeness (QED) is 0.537. The van der Waals surface area contributed by atoms with Crippen molar-refractivity contribution in [3.63, 3.8) is 0 Å². The molecule has 3 aromatic rings. The molecule has 0 fully saturated rings. The number of esters is 2. The standard InChI is InChI=1S/C20H15NO4/c1-24-19(22)17-8-5-9-18(21-17)20(23)25-16-12-10-15(11-13-16)14-6-3-2-4-7-14/h2-13H,1H3. The van der Waals surface area contributed by atoms with Crippen LogP contribution in [0.1, 0.15) is 21.0 Å². The van der Waals surface area contributed by atoms with E-state index in [1.807, 2.05) is 42.5 Å². The number of aromatic nitrogens is 1. The minimum Gasteiger partial charge on any atom is -0.464 e. The van der Waals surface area contributed by atoms with Crippen molar-refractivity contribution in [1.29, 1.82) is 0 Å². The summed E-state index contributed by atoms with van der Waals surface area (Å²) < 4.78 is 9.90. The number of methoxy groups -OCH3 is 1. The molecular formula is C20H15NO4. The van der Waals surface area contributed by atoms with Crippen molar-refractivity contribution >= 4 is 11.9 Å². The molecule has 0 unspecified atom stereocenters. The Morgan fingerprint density at radius 1 is 0.720 bits per heavy atom. The highest BCUT2D eigenvalue weighted by Gasteiger charge is 2.14. The Bertz CT molecular complexity index is 889. The predicted octanol–water partition coefficient (Wildman–Crippen LogP) is 3.75. The van der Waals surface area contributed by atoms with E-state index in [9.17, 15) is 9.59 Å². The second-order valence-corrected chi connectivity index (χ2v) is 5.18. The highest BCUT2D eigenvalue weighted by Crippen LogP contribution is 2.22. The van der Waals surface area contributed by atoms with Gasteiger partial charge in [-0.3, -0.25) is 0 Å². The van der Waals surface area contributed by atoms with Crippen LogP contribution in [-0.4, -0.2) is 24.0 Å². The average Bonchev–Trinajstić information content (AvgIpc) is 2.68. The minimum absolute atomic E-state index is 0.0371. The molecule has 0 aliphatic rings. The lowest BCUT2D eigenvalue weighted by Crippen LogP contribution is -2.13. The summed E-state index contributed by atoms with van der Waals surface area (Å²) in [5.41, 5.74) is 2.19. The Morgan fingerprint density at radius 3 is 1.96 bits per heavy atom. The minimum atomic E-state index is -0.641. The van der Waals surface area contributed by atoms with Gasteiger partial charge < -0.3 is 9.47 Å². The third-order valence-electron chi connectivity index (χ3n) is 3.52. The lowest BCUT2D eigenvalue weighted by molar-refractivity contribution is 0.0593. The molecule has 3 rings (SSSR count). The molecule has 0 bridgehead atoms. The van der Waals surface area contributed by atoms with E-state index >= 15 is 0 Å². The third kappa shape index (κ3) is 3.90. The van der Waals surface area contributed by atoms with E-state index in [1.165, 1.54) is 19.2 Å². The molecule has 0 N–H and O–H groups in total. The molecule has 0 saturated heterocycles. The Kier molecular flexibility index (Phi) is 4.85. The van der Waals surface area contributed by atoms with Crippen molar-refractivity contribution in [1.82, 2.24) is 4.98 Å². The number of ether oxygens (including phenoxy) is 2. The molecule has 0 aliphatic carbocycles. The first-order chi connectivity index (χ1) is 12.2. The largest absolute Gasteiger partial charge is 0.464 e. The van der Waals surface area contributed by atoms with Crippen LogP contribution in [0, 0.1) is 0 Å². The summed E-state index contributed by atoms with van der Waals surface area (Å²) in [4.78, 5) is 27.6. The number of rotatable bonds is 4. The first-order valence-electron chi connectivity index (χ1n) is 7.60. The Hall–Kier alpha value is -3.47. The van der Waals surface area contributed by atoms with Crippen molar-refractivity contribution in [2.75, 3.05) is 7.11 Å². The topological polar surface area (TPSA) is 65.5 Å². The Morgan fingerprint density at radius 2 is 1.32 bits per heavy atom. The van der Waals surface area contributed by atoms with Crippen LogP contribution in [-0.2, 0) is 4.74 Å². The zero-order valence-corrected chi connectivity index (χ0v) is 13.5. The van der Waals surface area contributed by atoms with E-state index in [-0.39, 0.29) is 11.4 Å². The second kappa shape index (κ2) is 7.40. The molecule has 5 heteroatoms. The van der Waals surface area contributed by atoms with E-state index in [0.717, 1.165) is 11.1 Å². The van der Waals surface area contributed by atoms with Crippen molar-refractivity contribution in [2.24, 2.45) is 0 Å². The molecule has 25 heavy (non-hydrogen) atoms. The molecular weight excluding hydrogens is 318 g/mol. The van der Waals surface area contributed by atoms with Crippen molar-refractivity contribution in [3.8, 4) is 16.9 Å². The number of pyridine rings is 1. The summed E-state index contributed by atoms with van der Waals surface area (Å²) in [5.74, 6) is -0.852. The van der Waals surface area contributed by atoms with Gasteiger partial charge in [0.15, 0.2) is 0 Å². The van der Waals surface area contributed by atoms with Crippen LogP contribution >= 0.6 is 0 Å². The molecule has 124 valence electrons. The first-order valence-corrected chi connectivity index (χ1v) is 7.60. The van der Waals surface area contributed by atoms with Crippen LogP contribution in [0.3, 0.4) is 0 Å². The maximum atomic E-state index is 12.2. The molecule has 1 heterocycles. The number of hydrogen-bond acceptors (Lipinski definition) is 5. The number of carbonyl (C=O) groups is 2. The fourth-order valence-electron chi connectivity index (χ4n) is 2.27. The Labute approximate surface area is 144 Å². The molecule has 0 aliphatic heterocycles. The van der Waals surface area contributed by atoms with Gasteiger partial charge in [-0.1, -0.05) is 48.5 Å². The fraction of sp³-hybridized carbons (Fsp3) is 0.0500. The van der Waals surface area contributed by atoms with Gasteiger partial charge in [0.25, 0.3) is 0 Å². The van der Waals surface area contributed by atoms with E-state index in [4.69, 9.17) is 4.74 Å². The maximum absolute atomic E-state index is 12.2. The van der Waals surface area contributed by atoms with Crippen LogP contribution in [0.4, 0.5) is 0 Å². The fourth-order valence-corrected chi connectivity index (χ4v) is 2.27. The van der Waals surface area contributed by atoms with E-state index < -0.39 is 11.9 Å². The monoisotopic (exact) mass is 333 g/mol. The van der Waals surface area contributed by atoms with Gasteiger partial charge >= 0.3 is 11.9 Å². The highest BCUT2D eigenvalue weighted by atomic mass is 16.5. The van der Waals surface area contributed by atoms with Crippen molar-refractivity contribution in [2.45, 2.75) is 0 Å². The number of carbonyl (C=O) groups excluding carboxylic acids is 2. The molecule has 0 saturated carbocycles. The van der Waals surface area contributed by atoms with Gasteiger partial charge in [0, 0.05) is 0 Å². The lowest BCUT2D eigenvalue weighted by atomic mass is 10.1. The van der Waals surface area contributed by atoms with Gasteiger partial charge in [0.1, 0.15) is 17.1 Å². The van der Waals surface area contributed by atoms with Gasteiger partial charge in [0.05, 0.1) is 7.11 Å². The van der Waals surface area contributed by atoms with E-state index in [1.54, 1.807) is 18.2 Å². The zero-order chi connectivity index (χ0) is 17.6. The van der Waals surface area contributed by atoms with Gasteiger partial charge in [0.2, 0.25) is 0 Å². The predicted molar refractivity (Wildman–Crippen MR) is 92.4 cm³/mol. The third-order valence-corrected chi connectivity index (χ3v) is 3.52. The summed E-state index contributed by atoms with van der Waals surface area (Å²) in [5, 5.41) is 0. The Balaban J connectivity index is 1.74. The highest BCUT2D eigenvalue weighted by molar-refractivity contribution is 5.92. The van der Waals surface area contributed by atoms with Crippen LogP contribution < -0.4 is 4.74 Å². The summed E-state index contributed by atoms with van der Waals surface area (Å²) >= 11 is 0. The number of hydrogen-bond donors (Lipinski definition) is 0. The molecule has 0 amide bonds. The van der Waals surface area contributed by atoms with Gasteiger partial charge in [-0.25, -0.2) is 14.6 Å². The van der Waals surface area contributed by atoms with Gasteiger partial charge in [-0.2, -0.15) is 0 Å². The lowest BCUT2D eigenvalue weighted by Gasteiger charge is -2.06. The number of nitrogens with zero attached hydrogens (tertiary/aromatic N) is 1. The van der Waals surface area contributed by atoms with E-state index in [0.29, 0.717) is 5.75 Å². The smallest absolute Gasteiger partial charge is 0.362 e. The molecule has 5 nitrogen and oxygen atoms in total. The van der Waals surface area contributed by atoms with Crippen LogP contribution in [0.25, 0.3) is 11.1 Å². The van der Waals surface area contributed by atoms with Crippen LogP contribution in [0.15, 0.2) is 72.8 Å². The molecule has 0 radical (unpaired) electrons. The SMILES string of the molecule is COC(=O)c1cccc(C(=O)Oc2ccc(-c3ccccc3)cc2)n1. The summed E-state index contributed by atoms with van der Waals surface area (Å²) in [6, 6.07) is 21.5. The molecule has 2 aromatic carbocycles. The summed E-state index contributed by atoms with van der Waals surface area (Å²) in [7, 11) is 1.25. The second-order valence-electron chi connectivity index (χ2n) is 5.18. The van der Waals surface area contributed by atoms with Gasteiger partial charge in [-0.05, 0) is 35.4 Å². The molecule has 0 atom stereocenters. The first kappa shape index (κ1) is 16.4. The molecule has 0 spiro atoms. The van der Waals surface area contributed by atoms with E-state index in [2.05, 4.69) is 9.72 Å². The average molecular weight is 333 g/mol.